The van der Waals surface area contributed by atoms with Gasteiger partial charge >= 0.3 is 5.97 Å². The number of hydrogen-bond acceptors (Lipinski definition) is 3. The van der Waals surface area contributed by atoms with Gasteiger partial charge in [0.25, 0.3) is 0 Å². The number of aliphatic hydroxyl groups excluding tert-OH is 2. The van der Waals surface area contributed by atoms with Gasteiger partial charge in [0.15, 0.2) is 0 Å². The second-order valence-electron chi connectivity index (χ2n) is 2.98. The average molecular weight is 160 g/mol. The van der Waals surface area contributed by atoms with Crippen LogP contribution >= 0.6 is 0 Å². The summed E-state index contributed by atoms with van der Waals surface area (Å²) in [6.07, 6.45) is -0.558. The molecule has 1 aliphatic carbocycles. The van der Waals surface area contributed by atoms with E-state index in [9.17, 15) is 4.79 Å². The highest BCUT2D eigenvalue weighted by atomic mass is 16.4. The Balaban J connectivity index is 2.46. The van der Waals surface area contributed by atoms with Crippen molar-refractivity contribution in [1.29, 1.82) is 0 Å². The van der Waals surface area contributed by atoms with E-state index in [1.807, 2.05) is 0 Å². The molecule has 0 amide bonds. The maximum atomic E-state index is 10.4. The van der Waals surface area contributed by atoms with Crippen molar-refractivity contribution in [2.45, 2.75) is 31.5 Å². The highest BCUT2D eigenvalue weighted by Crippen LogP contribution is 2.24. The fourth-order valence-corrected chi connectivity index (χ4v) is 1.36. The van der Waals surface area contributed by atoms with Crippen molar-refractivity contribution in [2.75, 3.05) is 0 Å². The molecule has 0 radical (unpaired) electrons. The maximum absolute atomic E-state index is 10.4. The van der Waals surface area contributed by atoms with Crippen LogP contribution in [0.2, 0.25) is 0 Å². The second-order valence-corrected chi connectivity index (χ2v) is 2.98. The summed E-state index contributed by atoms with van der Waals surface area (Å²) >= 11 is 0. The predicted molar refractivity (Wildman–Crippen MR) is 37.0 cm³/mol. The van der Waals surface area contributed by atoms with Crippen molar-refractivity contribution >= 4 is 5.97 Å². The molecule has 4 heteroatoms. The molecule has 64 valence electrons. The lowest BCUT2D eigenvalue weighted by Gasteiger charge is -2.27. The van der Waals surface area contributed by atoms with Crippen LogP contribution in [-0.2, 0) is 4.79 Å². The van der Waals surface area contributed by atoms with Gasteiger partial charge in [-0.15, -0.1) is 0 Å². The zero-order chi connectivity index (χ0) is 8.43. The van der Waals surface area contributed by atoms with Gasteiger partial charge in [0, 0.05) is 0 Å². The number of aliphatic carboxylic acids is 1. The number of rotatable bonds is 1. The van der Waals surface area contributed by atoms with Gasteiger partial charge < -0.3 is 15.3 Å². The van der Waals surface area contributed by atoms with Crippen molar-refractivity contribution in [2.24, 2.45) is 5.92 Å². The summed E-state index contributed by atoms with van der Waals surface area (Å²) in [7, 11) is 0. The summed E-state index contributed by atoms with van der Waals surface area (Å²) in [6, 6.07) is 0. The molecule has 0 aromatic carbocycles. The molecular formula is C7H12O4. The van der Waals surface area contributed by atoms with Gasteiger partial charge in [-0.25, -0.2) is 0 Å². The Labute approximate surface area is 64.5 Å². The molecule has 0 spiro atoms. The molecule has 1 aliphatic rings. The summed E-state index contributed by atoms with van der Waals surface area (Å²) in [6.45, 7) is 0. The Hall–Kier alpha value is -0.610. The number of carbonyl (C=O) groups is 1. The zero-order valence-electron chi connectivity index (χ0n) is 6.10. The first-order chi connectivity index (χ1) is 5.11. The minimum absolute atomic E-state index is 0.177. The summed E-state index contributed by atoms with van der Waals surface area (Å²) < 4.78 is 0. The number of hydrogen-bond donors (Lipinski definition) is 3. The SMILES string of the molecule is O=C(O)[C@H]1CC[C@@H](O)[C@@H](O)C1. The van der Waals surface area contributed by atoms with Crippen LogP contribution in [0.25, 0.3) is 0 Å². The molecule has 0 bridgehead atoms. The number of carboxylic acid groups (broad SMARTS) is 1. The molecule has 0 saturated heterocycles. The van der Waals surface area contributed by atoms with Crippen LogP contribution < -0.4 is 0 Å². The van der Waals surface area contributed by atoms with Gasteiger partial charge in [0.05, 0.1) is 18.1 Å². The summed E-state index contributed by atoms with van der Waals surface area (Å²) in [5.74, 6) is -1.36. The standard InChI is InChI=1S/C7H12O4/c8-5-2-1-4(7(10)11)3-6(5)9/h4-6,8-9H,1-3H2,(H,10,11)/t4-,5+,6-/m0/s1. The zero-order valence-corrected chi connectivity index (χ0v) is 6.10. The molecule has 1 saturated carbocycles. The topological polar surface area (TPSA) is 77.8 Å². The molecule has 0 aliphatic heterocycles. The molecule has 1 fully saturated rings. The average Bonchev–Trinajstić information content (AvgIpc) is 1.94. The van der Waals surface area contributed by atoms with E-state index in [0.717, 1.165) is 0 Å². The summed E-state index contributed by atoms with van der Waals surface area (Å²) in [5.41, 5.74) is 0. The third kappa shape index (κ3) is 1.91. The normalized spacial score (nSPS) is 38.5. The Morgan fingerprint density at radius 3 is 2.27 bits per heavy atom. The van der Waals surface area contributed by atoms with Crippen LogP contribution in [0, 0.1) is 5.92 Å². The number of aliphatic hydroxyl groups is 2. The third-order valence-electron chi connectivity index (χ3n) is 2.13. The first-order valence-electron chi connectivity index (χ1n) is 3.70. The molecule has 3 N–H and O–H groups in total. The van der Waals surface area contributed by atoms with Crippen LogP contribution in [0.3, 0.4) is 0 Å². The molecule has 0 heterocycles. The van der Waals surface area contributed by atoms with Crippen molar-refractivity contribution in [3.8, 4) is 0 Å². The Bertz CT molecular complexity index is 157. The predicted octanol–water partition coefficient (Wildman–Crippen LogP) is -0.407. The fourth-order valence-electron chi connectivity index (χ4n) is 1.36. The highest BCUT2D eigenvalue weighted by molar-refractivity contribution is 5.70. The molecule has 1 rings (SSSR count). The second kappa shape index (κ2) is 3.19. The van der Waals surface area contributed by atoms with Crippen LogP contribution in [0.5, 0.6) is 0 Å². The molecule has 0 aromatic heterocycles. The van der Waals surface area contributed by atoms with E-state index in [2.05, 4.69) is 0 Å². The summed E-state index contributed by atoms with van der Waals surface area (Å²) in [5, 5.41) is 26.7. The van der Waals surface area contributed by atoms with E-state index in [-0.39, 0.29) is 6.42 Å². The third-order valence-corrected chi connectivity index (χ3v) is 2.13. The van der Waals surface area contributed by atoms with E-state index in [0.29, 0.717) is 12.8 Å². The van der Waals surface area contributed by atoms with E-state index in [1.165, 1.54) is 0 Å². The fraction of sp³-hybridized carbons (Fsp3) is 0.857. The quantitative estimate of drug-likeness (QED) is 0.487. The van der Waals surface area contributed by atoms with Gasteiger partial charge in [-0.05, 0) is 19.3 Å². The van der Waals surface area contributed by atoms with Gasteiger partial charge in [-0.3, -0.25) is 4.79 Å². The first-order valence-corrected chi connectivity index (χ1v) is 3.70. The van der Waals surface area contributed by atoms with Crippen molar-refractivity contribution in [3.05, 3.63) is 0 Å². The van der Waals surface area contributed by atoms with Crippen molar-refractivity contribution < 1.29 is 20.1 Å². The van der Waals surface area contributed by atoms with E-state index >= 15 is 0 Å². The minimum atomic E-state index is -0.879. The van der Waals surface area contributed by atoms with Crippen molar-refractivity contribution in [3.63, 3.8) is 0 Å². The van der Waals surface area contributed by atoms with Gasteiger partial charge in [-0.2, -0.15) is 0 Å². The van der Waals surface area contributed by atoms with Gasteiger partial charge in [0.1, 0.15) is 0 Å². The monoisotopic (exact) mass is 160 g/mol. The maximum Gasteiger partial charge on any atom is 0.306 e. The lowest BCUT2D eigenvalue weighted by atomic mass is 9.85. The molecule has 0 unspecified atom stereocenters. The Kier molecular flexibility index (Phi) is 2.46. The minimum Gasteiger partial charge on any atom is -0.481 e. The molecule has 3 atom stereocenters. The van der Waals surface area contributed by atoms with Crippen LogP contribution in [-0.4, -0.2) is 33.5 Å². The van der Waals surface area contributed by atoms with Crippen molar-refractivity contribution in [1.82, 2.24) is 0 Å². The van der Waals surface area contributed by atoms with Gasteiger partial charge in [-0.1, -0.05) is 0 Å². The Morgan fingerprint density at radius 2 is 1.82 bits per heavy atom. The smallest absolute Gasteiger partial charge is 0.306 e. The lowest BCUT2D eigenvalue weighted by Crippen LogP contribution is -2.36. The Morgan fingerprint density at radius 1 is 1.18 bits per heavy atom. The van der Waals surface area contributed by atoms with Gasteiger partial charge in [0.2, 0.25) is 0 Å². The molecule has 4 nitrogen and oxygen atoms in total. The van der Waals surface area contributed by atoms with E-state index < -0.39 is 24.1 Å². The van der Waals surface area contributed by atoms with Crippen LogP contribution in [0.1, 0.15) is 19.3 Å². The molecule has 0 aromatic rings. The van der Waals surface area contributed by atoms with E-state index in [4.69, 9.17) is 15.3 Å². The van der Waals surface area contributed by atoms with Crippen LogP contribution in [0.4, 0.5) is 0 Å². The lowest BCUT2D eigenvalue weighted by molar-refractivity contribution is -0.146. The molecular weight excluding hydrogens is 148 g/mol. The van der Waals surface area contributed by atoms with Crippen LogP contribution in [0.15, 0.2) is 0 Å². The number of carboxylic acids is 1. The first kappa shape index (κ1) is 8.49. The largest absolute Gasteiger partial charge is 0.481 e. The highest BCUT2D eigenvalue weighted by Gasteiger charge is 2.31. The summed E-state index contributed by atoms with van der Waals surface area (Å²) in [4.78, 5) is 10.4. The van der Waals surface area contributed by atoms with E-state index in [1.54, 1.807) is 0 Å². The molecule has 11 heavy (non-hydrogen) atoms.